The van der Waals surface area contributed by atoms with Gasteiger partial charge in [-0.2, -0.15) is 9.40 Å². The van der Waals surface area contributed by atoms with Gasteiger partial charge in [-0.15, -0.1) is 0 Å². The van der Waals surface area contributed by atoms with Gasteiger partial charge in [-0.25, -0.2) is 8.42 Å². The summed E-state index contributed by atoms with van der Waals surface area (Å²) in [5.74, 6) is -1.14. The highest BCUT2D eigenvalue weighted by Gasteiger charge is 2.25. The number of rotatable bonds is 8. The fourth-order valence-corrected chi connectivity index (χ4v) is 4.77. The molecule has 1 aromatic heterocycles. The lowest BCUT2D eigenvalue weighted by Crippen LogP contribution is -2.45. The minimum atomic E-state index is -3.71. The first kappa shape index (κ1) is 23.2. The van der Waals surface area contributed by atoms with E-state index in [-0.39, 0.29) is 10.5 Å². The number of nitrogens with one attached hydrogen (secondary N) is 2. The van der Waals surface area contributed by atoms with Crippen LogP contribution in [0.15, 0.2) is 78.0 Å². The van der Waals surface area contributed by atoms with E-state index in [1.165, 1.54) is 33.3 Å². The van der Waals surface area contributed by atoms with Gasteiger partial charge < -0.3 is 0 Å². The maximum Gasteiger partial charge on any atom is 0.269 e. The molecule has 0 aliphatic rings. The molecule has 3 rings (SSSR count). The standard InChI is InChI=1S/C22H25N5O4S/c1-3-26(4-2)32(30,31)19-13-8-12-18(16-19)21(28)24-25-22(29)20(27-15-9-14-23-27)17-10-6-5-7-11-17/h5-16,20H,3-4H2,1-2H3,(H,24,28)(H,25,29). The summed E-state index contributed by atoms with van der Waals surface area (Å²) in [6, 6.07) is 15.6. The van der Waals surface area contributed by atoms with Crippen molar-refractivity contribution in [3.8, 4) is 0 Å². The second-order valence-electron chi connectivity index (χ2n) is 6.86. The molecule has 0 saturated carbocycles. The molecule has 0 saturated heterocycles. The third-order valence-electron chi connectivity index (χ3n) is 4.89. The molecule has 2 N–H and O–H groups in total. The van der Waals surface area contributed by atoms with E-state index >= 15 is 0 Å². The van der Waals surface area contributed by atoms with Crippen LogP contribution in [0.1, 0.15) is 35.8 Å². The molecule has 9 nitrogen and oxygen atoms in total. The smallest absolute Gasteiger partial charge is 0.269 e. The summed E-state index contributed by atoms with van der Waals surface area (Å²) >= 11 is 0. The maximum atomic E-state index is 12.9. The first-order valence-corrected chi connectivity index (χ1v) is 11.6. The largest absolute Gasteiger partial charge is 0.270 e. The number of carbonyl (C=O) groups excluding carboxylic acids is 2. The van der Waals surface area contributed by atoms with Crippen LogP contribution in [0.5, 0.6) is 0 Å². The predicted octanol–water partition coefficient (Wildman–Crippen LogP) is 1.96. The summed E-state index contributed by atoms with van der Waals surface area (Å²) in [6.45, 7) is 4.13. The Kier molecular flexibility index (Phi) is 7.39. The number of amides is 2. The van der Waals surface area contributed by atoms with E-state index < -0.39 is 27.9 Å². The summed E-state index contributed by atoms with van der Waals surface area (Å²) < 4.78 is 28.2. The molecule has 10 heteroatoms. The van der Waals surface area contributed by atoms with E-state index in [4.69, 9.17) is 0 Å². The molecule has 32 heavy (non-hydrogen) atoms. The molecule has 168 valence electrons. The normalized spacial score (nSPS) is 12.3. The van der Waals surface area contributed by atoms with Gasteiger partial charge in [0, 0.05) is 31.0 Å². The molecule has 0 aliphatic heterocycles. The summed E-state index contributed by atoms with van der Waals surface area (Å²) in [6.07, 6.45) is 3.21. The summed E-state index contributed by atoms with van der Waals surface area (Å²) in [4.78, 5) is 25.5. The Morgan fingerprint density at radius 1 is 1.00 bits per heavy atom. The zero-order valence-corrected chi connectivity index (χ0v) is 18.6. The molecule has 0 bridgehead atoms. The van der Waals surface area contributed by atoms with Crippen LogP contribution in [0.2, 0.25) is 0 Å². The van der Waals surface area contributed by atoms with Gasteiger partial charge in [-0.05, 0) is 29.8 Å². The quantitative estimate of drug-likeness (QED) is 0.504. The van der Waals surface area contributed by atoms with E-state index in [9.17, 15) is 18.0 Å². The van der Waals surface area contributed by atoms with Crippen molar-refractivity contribution in [3.05, 3.63) is 84.2 Å². The highest BCUT2D eigenvalue weighted by molar-refractivity contribution is 7.89. The molecule has 1 atom stereocenters. The van der Waals surface area contributed by atoms with Gasteiger partial charge in [0.25, 0.3) is 11.8 Å². The lowest BCUT2D eigenvalue weighted by atomic mass is 10.1. The van der Waals surface area contributed by atoms with Crippen molar-refractivity contribution in [1.82, 2.24) is 24.9 Å². The summed E-state index contributed by atoms with van der Waals surface area (Å²) in [5.41, 5.74) is 5.57. The first-order chi connectivity index (χ1) is 15.4. The van der Waals surface area contributed by atoms with Crippen LogP contribution in [-0.2, 0) is 14.8 Å². The number of hydrogen-bond acceptors (Lipinski definition) is 5. The van der Waals surface area contributed by atoms with Crippen molar-refractivity contribution in [3.63, 3.8) is 0 Å². The van der Waals surface area contributed by atoms with Crippen LogP contribution in [0, 0.1) is 0 Å². The summed E-state index contributed by atoms with van der Waals surface area (Å²) in [5, 5.41) is 4.14. The molecule has 1 unspecified atom stereocenters. The van der Waals surface area contributed by atoms with E-state index in [0.717, 1.165) is 0 Å². The number of benzene rings is 2. The minimum absolute atomic E-state index is 0.0129. The van der Waals surface area contributed by atoms with Crippen LogP contribution in [0.25, 0.3) is 0 Å². The minimum Gasteiger partial charge on any atom is -0.270 e. The second kappa shape index (κ2) is 10.2. The van der Waals surface area contributed by atoms with E-state index in [1.807, 2.05) is 6.07 Å². The Balaban J connectivity index is 1.76. The molecule has 0 aliphatic carbocycles. The Hall–Kier alpha value is -3.50. The molecule has 2 amide bonds. The Bertz CT molecular complexity index is 1160. The zero-order chi connectivity index (χ0) is 23.1. The number of carbonyl (C=O) groups is 2. The summed E-state index contributed by atoms with van der Waals surface area (Å²) in [7, 11) is -3.71. The molecular formula is C22H25N5O4S. The van der Waals surface area contributed by atoms with Crippen molar-refractivity contribution in [2.24, 2.45) is 0 Å². The first-order valence-electron chi connectivity index (χ1n) is 10.1. The monoisotopic (exact) mass is 455 g/mol. The van der Waals surface area contributed by atoms with E-state index in [0.29, 0.717) is 18.7 Å². The zero-order valence-electron chi connectivity index (χ0n) is 17.8. The Labute approximate surface area is 187 Å². The molecule has 0 spiro atoms. The van der Waals surface area contributed by atoms with Crippen LogP contribution < -0.4 is 10.9 Å². The number of hydrazine groups is 1. The van der Waals surface area contributed by atoms with Crippen molar-refractivity contribution in [2.45, 2.75) is 24.8 Å². The van der Waals surface area contributed by atoms with Gasteiger partial charge in [-0.1, -0.05) is 50.2 Å². The van der Waals surface area contributed by atoms with Crippen molar-refractivity contribution in [2.75, 3.05) is 13.1 Å². The molecule has 1 heterocycles. The molecule has 2 aromatic carbocycles. The SMILES string of the molecule is CCN(CC)S(=O)(=O)c1cccc(C(=O)NNC(=O)C(c2ccccc2)n2cccn2)c1. The third kappa shape index (κ3) is 5.04. The highest BCUT2D eigenvalue weighted by Crippen LogP contribution is 2.18. The van der Waals surface area contributed by atoms with Crippen molar-refractivity contribution >= 4 is 21.8 Å². The second-order valence-corrected chi connectivity index (χ2v) is 8.80. The number of sulfonamides is 1. The average Bonchev–Trinajstić information content (AvgIpc) is 3.33. The molecule has 0 radical (unpaired) electrons. The van der Waals surface area contributed by atoms with Crippen molar-refractivity contribution < 1.29 is 18.0 Å². The van der Waals surface area contributed by atoms with Gasteiger partial charge in [0.05, 0.1) is 4.90 Å². The predicted molar refractivity (Wildman–Crippen MR) is 119 cm³/mol. The van der Waals surface area contributed by atoms with Gasteiger partial charge in [0.2, 0.25) is 10.0 Å². The molecular weight excluding hydrogens is 430 g/mol. The van der Waals surface area contributed by atoms with Crippen molar-refractivity contribution in [1.29, 1.82) is 0 Å². The Morgan fingerprint density at radius 2 is 1.72 bits per heavy atom. The topological polar surface area (TPSA) is 113 Å². The fraction of sp³-hybridized carbons (Fsp3) is 0.227. The highest BCUT2D eigenvalue weighted by atomic mass is 32.2. The van der Waals surface area contributed by atoms with Crippen LogP contribution in [0.3, 0.4) is 0 Å². The number of hydrogen-bond donors (Lipinski definition) is 2. The van der Waals surface area contributed by atoms with Gasteiger partial charge in [-0.3, -0.25) is 25.1 Å². The van der Waals surface area contributed by atoms with Gasteiger partial charge in [0.15, 0.2) is 6.04 Å². The van der Waals surface area contributed by atoms with Gasteiger partial charge in [0.1, 0.15) is 0 Å². The third-order valence-corrected chi connectivity index (χ3v) is 6.94. The van der Waals surface area contributed by atoms with Gasteiger partial charge >= 0.3 is 0 Å². The fourth-order valence-electron chi connectivity index (χ4n) is 3.26. The lowest BCUT2D eigenvalue weighted by molar-refractivity contribution is -0.124. The molecule has 3 aromatic rings. The maximum absolute atomic E-state index is 12.9. The number of nitrogens with zero attached hydrogens (tertiary/aromatic N) is 3. The molecule has 0 fully saturated rings. The Morgan fingerprint density at radius 3 is 2.34 bits per heavy atom. The average molecular weight is 456 g/mol. The lowest BCUT2D eigenvalue weighted by Gasteiger charge is -2.19. The van der Waals surface area contributed by atoms with Crippen LogP contribution in [0.4, 0.5) is 0 Å². The van der Waals surface area contributed by atoms with Crippen LogP contribution in [-0.4, -0.2) is 47.4 Å². The van der Waals surface area contributed by atoms with E-state index in [1.54, 1.807) is 56.6 Å². The number of aromatic nitrogens is 2. The van der Waals surface area contributed by atoms with E-state index in [2.05, 4.69) is 16.0 Å². The van der Waals surface area contributed by atoms with Crippen LogP contribution >= 0.6 is 0 Å².